The molecular formula is C9H8FNO2. The second-order valence-electron chi connectivity index (χ2n) is 2.47. The minimum Gasteiger partial charge on any atom is -0.505 e. The molecule has 1 aromatic rings. The van der Waals surface area contributed by atoms with E-state index in [0.717, 1.165) is 0 Å². The molecule has 3 nitrogen and oxygen atoms in total. The van der Waals surface area contributed by atoms with Gasteiger partial charge in [-0.3, -0.25) is 0 Å². The number of nitriles is 1. The van der Waals surface area contributed by atoms with Crippen LogP contribution in [0.5, 0.6) is 11.5 Å². The number of phenolic OH excluding ortho intramolecular Hbond substituents is 1. The highest BCUT2D eigenvalue weighted by molar-refractivity contribution is 5.40. The second-order valence-corrected chi connectivity index (χ2v) is 2.47. The Kier molecular flexibility index (Phi) is 2.70. The number of ether oxygens (including phenoxy) is 1. The van der Waals surface area contributed by atoms with Gasteiger partial charge in [0.05, 0.1) is 19.6 Å². The smallest absolute Gasteiger partial charge is 0.206 e. The molecule has 0 unspecified atom stereocenters. The summed E-state index contributed by atoms with van der Waals surface area (Å²) in [6.45, 7) is 0. The Morgan fingerprint density at radius 1 is 1.62 bits per heavy atom. The average molecular weight is 181 g/mol. The number of rotatable bonds is 2. The SMILES string of the molecule is COc1cc(CC#N)cc(O)c1F. The van der Waals surface area contributed by atoms with Crippen molar-refractivity contribution >= 4 is 0 Å². The van der Waals surface area contributed by atoms with Gasteiger partial charge < -0.3 is 9.84 Å². The molecule has 0 spiro atoms. The fourth-order valence-corrected chi connectivity index (χ4v) is 0.980. The van der Waals surface area contributed by atoms with Crippen LogP contribution < -0.4 is 4.74 Å². The Morgan fingerprint density at radius 3 is 2.85 bits per heavy atom. The van der Waals surface area contributed by atoms with Gasteiger partial charge >= 0.3 is 0 Å². The van der Waals surface area contributed by atoms with Crippen LogP contribution in [0.1, 0.15) is 5.56 Å². The quantitative estimate of drug-likeness (QED) is 0.754. The third-order valence-electron chi connectivity index (χ3n) is 1.58. The van der Waals surface area contributed by atoms with Crippen molar-refractivity contribution in [3.05, 3.63) is 23.5 Å². The Morgan fingerprint density at radius 2 is 2.31 bits per heavy atom. The highest BCUT2D eigenvalue weighted by atomic mass is 19.1. The van der Waals surface area contributed by atoms with Crippen molar-refractivity contribution in [2.45, 2.75) is 6.42 Å². The summed E-state index contributed by atoms with van der Waals surface area (Å²) in [4.78, 5) is 0. The average Bonchev–Trinajstić information content (AvgIpc) is 2.11. The Bertz CT molecular complexity index is 357. The normalized spacial score (nSPS) is 9.31. The zero-order chi connectivity index (χ0) is 9.84. The van der Waals surface area contributed by atoms with Crippen LogP contribution in [0.2, 0.25) is 0 Å². The molecule has 1 N–H and O–H groups in total. The molecule has 0 aromatic heterocycles. The first-order chi connectivity index (χ1) is 6.19. The van der Waals surface area contributed by atoms with E-state index < -0.39 is 11.6 Å². The number of halogens is 1. The van der Waals surface area contributed by atoms with Gasteiger partial charge in [0.25, 0.3) is 0 Å². The van der Waals surface area contributed by atoms with Crippen LogP contribution in [0.4, 0.5) is 4.39 Å². The minimum absolute atomic E-state index is 0.0507. The summed E-state index contributed by atoms with van der Waals surface area (Å²) in [5.74, 6) is -1.35. The molecule has 0 aliphatic rings. The van der Waals surface area contributed by atoms with Gasteiger partial charge in [0.15, 0.2) is 11.5 Å². The molecule has 0 heterocycles. The van der Waals surface area contributed by atoms with Crippen LogP contribution in [0.3, 0.4) is 0 Å². The number of hydrogen-bond donors (Lipinski definition) is 1. The minimum atomic E-state index is -0.802. The summed E-state index contributed by atoms with van der Waals surface area (Å²) in [6, 6.07) is 4.49. The number of nitrogens with zero attached hydrogens (tertiary/aromatic N) is 1. The number of hydrogen-bond acceptors (Lipinski definition) is 3. The zero-order valence-corrected chi connectivity index (χ0v) is 7.04. The van der Waals surface area contributed by atoms with Crippen molar-refractivity contribution in [2.24, 2.45) is 0 Å². The highest BCUT2D eigenvalue weighted by Crippen LogP contribution is 2.27. The van der Waals surface area contributed by atoms with Crippen LogP contribution in [0.25, 0.3) is 0 Å². The monoisotopic (exact) mass is 181 g/mol. The van der Waals surface area contributed by atoms with Gasteiger partial charge in [0, 0.05) is 0 Å². The van der Waals surface area contributed by atoms with E-state index >= 15 is 0 Å². The molecular weight excluding hydrogens is 173 g/mol. The summed E-state index contributed by atoms with van der Waals surface area (Å²) in [6.07, 6.45) is 0.115. The molecule has 0 radical (unpaired) electrons. The predicted octanol–water partition coefficient (Wildman–Crippen LogP) is 1.61. The van der Waals surface area contributed by atoms with E-state index in [1.165, 1.54) is 19.2 Å². The predicted molar refractivity (Wildman–Crippen MR) is 43.9 cm³/mol. The summed E-state index contributed by atoms with van der Waals surface area (Å²) in [7, 11) is 1.30. The standard InChI is InChI=1S/C9H8FNO2/c1-13-8-5-6(2-3-11)4-7(12)9(8)10/h4-5,12H,2H2,1H3. The van der Waals surface area contributed by atoms with Gasteiger partial charge in [0.2, 0.25) is 5.82 Å². The molecule has 0 fully saturated rings. The summed E-state index contributed by atoms with van der Waals surface area (Å²) in [5.41, 5.74) is 0.526. The lowest BCUT2D eigenvalue weighted by atomic mass is 10.1. The molecule has 0 aliphatic heterocycles. The maximum atomic E-state index is 13.0. The molecule has 0 atom stereocenters. The summed E-state index contributed by atoms with van der Waals surface area (Å²) in [5, 5.41) is 17.5. The molecule has 13 heavy (non-hydrogen) atoms. The van der Waals surface area contributed by atoms with E-state index in [2.05, 4.69) is 4.74 Å². The second kappa shape index (κ2) is 3.76. The molecule has 0 amide bonds. The lowest BCUT2D eigenvalue weighted by Crippen LogP contribution is -1.91. The summed E-state index contributed by atoms with van der Waals surface area (Å²) < 4.78 is 17.6. The van der Waals surface area contributed by atoms with Gasteiger partial charge in [-0.25, -0.2) is 0 Å². The number of benzene rings is 1. The molecule has 0 bridgehead atoms. The van der Waals surface area contributed by atoms with Crippen LogP contribution in [-0.4, -0.2) is 12.2 Å². The van der Waals surface area contributed by atoms with E-state index in [1.807, 2.05) is 6.07 Å². The van der Waals surface area contributed by atoms with Gasteiger partial charge in [-0.05, 0) is 17.7 Å². The fraction of sp³-hybridized carbons (Fsp3) is 0.222. The Balaban J connectivity index is 3.16. The van der Waals surface area contributed by atoms with Gasteiger partial charge in [-0.15, -0.1) is 0 Å². The first-order valence-electron chi connectivity index (χ1n) is 3.61. The van der Waals surface area contributed by atoms with Crippen molar-refractivity contribution in [1.82, 2.24) is 0 Å². The van der Waals surface area contributed by atoms with Crippen LogP contribution in [0, 0.1) is 17.1 Å². The fourth-order valence-electron chi connectivity index (χ4n) is 0.980. The van der Waals surface area contributed by atoms with E-state index in [0.29, 0.717) is 5.56 Å². The van der Waals surface area contributed by atoms with Crippen molar-refractivity contribution in [3.63, 3.8) is 0 Å². The van der Waals surface area contributed by atoms with E-state index in [-0.39, 0.29) is 12.2 Å². The van der Waals surface area contributed by atoms with Gasteiger partial charge in [0.1, 0.15) is 0 Å². The van der Waals surface area contributed by atoms with Crippen LogP contribution >= 0.6 is 0 Å². The topological polar surface area (TPSA) is 53.2 Å². The molecule has 0 aliphatic carbocycles. The molecule has 1 aromatic carbocycles. The van der Waals surface area contributed by atoms with Crippen LogP contribution in [0.15, 0.2) is 12.1 Å². The molecule has 68 valence electrons. The number of methoxy groups -OCH3 is 1. The summed E-state index contributed by atoms with van der Waals surface area (Å²) >= 11 is 0. The van der Waals surface area contributed by atoms with E-state index in [4.69, 9.17) is 10.4 Å². The lowest BCUT2D eigenvalue weighted by Gasteiger charge is -2.04. The largest absolute Gasteiger partial charge is 0.505 e. The Hall–Kier alpha value is -1.76. The van der Waals surface area contributed by atoms with Crippen molar-refractivity contribution in [2.75, 3.05) is 7.11 Å². The van der Waals surface area contributed by atoms with E-state index in [9.17, 15) is 4.39 Å². The lowest BCUT2D eigenvalue weighted by molar-refractivity contribution is 0.363. The van der Waals surface area contributed by atoms with Gasteiger partial charge in [-0.1, -0.05) is 0 Å². The third-order valence-corrected chi connectivity index (χ3v) is 1.58. The molecule has 1 rings (SSSR count). The van der Waals surface area contributed by atoms with Crippen LogP contribution in [-0.2, 0) is 6.42 Å². The number of aromatic hydroxyl groups is 1. The van der Waals surface area contributed by atoms with Gasteiger partial charge in [-0.2, -0.15) is 9.65 Å². The first kappa shape index (κ1) is 9.33. The first-order valence-corrected chi connectivity index (χ1v) is 3.61. The molecule has 0 saturated carbocycles. The molecule has 0 saturated heterocycles. The van der Waals surface area contributed by atoms with Crippen molar-refractivity contribution in [3.8, 4) is 17.6 Å². The van der Waals surface area contributed by atoms with Crippen molar-refractivity contribution < 1.29 is 14.2 Å². The van der Waals surface area contributed by atoms with E-state index in [1.54, 1.807) is 0 Å². The Labute approximate surface area is 75.0 Å². The maximum Gasteiger partial charge on any atom is 0.206 e. The molecule has 4 heteroatoms. The zero-order valence-electron chi connectivity index (χ0n) is 7.04. The number of phenols is 1. The van der Waals surface area contributed by atoms with Crippen molar-refractivity contribution in [1.29, 1.82) is 5.26 Å². The highest BCUT2D eigenvalue weighted by Gasteiger charge is 2.09. The maximum absolute atomic E-state index is 13.0. The third kappa shape index (κ3) is 1.88.